The lowest BCUT2D eigenvalue weighted by molar-refractivity contribution is 0.360. The van der Waals surface area contributed by atoms with E-state index in [0.29, 0.717) is 12.2 Å². The molecule has 1 fully saturated rings. The molecule has 0 amide bonds. The molecule has 2 unspecified atom stereocenters. The Morgan fingerprint density at radius 3 is 2.56 bits per heavy atom. The van der Waals surface area contributed by atoms with Crippen LogP contribution < -0.4 is 0 Å². The van der Waals surface area contributed by atoms with Crippen LogP contribution in [0.5, 0.6) is 0 Å². The Balaban J connectivity index is 1.68. The molecule has 0 saturated carbocycles. The van der Waals surface area contributed by atoms with Crippen LogP contribution in [0.3, 0.4) is 0 Å². The van der Waals surface area contributed by atoms with Crippen molar-refractivity contribution in [2.75, 3.05) is 0 Å². The van der Waals surface area contributed by atoms with E-state index in [-0.39, 0.29) is 0 Å². The van der Waals surface area contributed by atoms with Crippen molar-refractivity contribution in [1.29, 1.82) is 0 Å². The molecule has 1 nitrogen and oxygen atoms in total. The van der Waals surface area contributed by atoms with E-state index < -0.39 is 0 Å². The summed E-state index contributed by atoms with van der Waals surface area (Å²) < 4.78 is 5.60. The Morgan fingerprint density at radius 1 is 1.17 bits per heavy atom. The lowest BCUT2D eigenvalue weighted by atomic mass is 9.89. The van der Waals surface area contributed by atoms with Gasteiger partial charge < -0.3 is 4.74 Å². The molecule has 1 aromatic carbocycles. The molecule has 0 bridgehead atoms. The summed E-state index contributed by atoms with van der Waals surface area (Å²) in [5.41, 5.74) is 4.33. The minimum atomic E-state index is 0.488. The van der Waals surface area contributed by atoms with Gasteiger partial charge in [0.2, 0.25) is 0 Å². The number of rotatable bonds is 4. The Labute approximate surface area is 114 Å². The van der Waals surface area contributed by atoms with Gasteiger partial charge in [0.1, 0.15) is 0 Å². The van der Waals surface area contributed by atoms with Crippen molar-refractivity contribution in [3.63, 3.8) is 0 Å². The maximum absolute atomic E-state index is 6.39. The summed E-state index contributed by atoms with van der Waals surface area (Å²) in [6, 6.07) is 4.55. The number of ether oxygens (including phenoxy) is 1. The first kappa shape index (κ1) is 12.5. The molecular weight excluding hydrogens is 244 g/mol. The average Bonchev–Trinajstić information content (AvgIpc) is 3.15. The third kappa shape index (κ3) is 2.57. The number of hydrogen-bond donors (Lipinski definition) is 0. The molecule has 0 radical (unpaired) electrons. The molecule has 1 saturated heterocycles. The standard InChI is InChI=1S/C16H21ClO/c1-2-15-16(18-15)8-7-13-9-11-5-3-4-6-12(11)10-14(13)17/h9-10,15-16H,2-8H2,1H3. The van der Waals surface area contributed by atoms with Crippen LogP contribution in [0.2, 0.25) is 5.02 Å². The van der Waals surface area contributed by atoms with Gasteiger partial charge in [0, 0.05) is 5.02 Å². The lowest BCUT2D eigenvalue weighted by Gasteiger charge is -2.17. The molecule has 98 valence electrons. The summed E-state index contributed by atoms with van der Waals surface area (Å²) in [5, 5.41) is 0.962. The zero-order chi connectivity index (χ0) is 12.5. The number of benzene rings is 1. The largest absolute Gasteiger partial charge is 0.370 e. The fourth-order valence-electron chi connectivity index (χ4n) is 3.09. The number of halogens is 1. The monoisotopic (exact) mass is 264 g/mol. The third-order valence-corrected chi connectivity index (χ3v) is 4.65. The van der Waals surface area contributed by atoms with E-state index in [2.05, 4.69) is 19.1 Å². The van der Waals surface area contributed by atoms with E-state index in [4.69, 9.17) is 16.3 Å². The van der Waals surface area contributed by atoms with Crippen molar-refractivity contribution in [3.8, 4) is 0 Å². The molecule has 3 rings (SSSR count). The van der Waals surface area contributed by atoms with Gasteiger partial charge in [0.05, 0.1) is 12.2 Å². The van der Waals surface area contributed by atoms with E-state index in [1.54, 1.807) is 0 Å². The second kappa shape index (κ2) is 5.22. The highest BCUT2D eigenvalue weighted by atomic mass is 35.5. The topological polar surface area (TPSA) is 12.5 Å². The molecule has 2 atom stereocenters. The van der Waals surface area contributed by atoms with Crippen LogP contribution in [0, 0.1) is 0 Å². The van der Waals surface area contributed by atoms with Crippen molar-refractivity contribution in [3.05, 3.63) is 33.8 Å². The molecule has 0 aromatic heterocycles. The van der Waals surface area contributed by atoms with Gasteiger partial charge in [-0.15, -0.1) is 0 Å². The van der Waals surface area contributed by atoms with E-state index in [9.17, 15) is 0 Å². The minimum Gasteiger partial charge on any atom is -0.370 e. The van der Waals surface area contributed by atoms with Crippen molar-refractivity contribution >= 4 is 11.6 Å². The summed E-state index contributed by atoms with van der Waals surface area (Å²) >= 11 is 6.39. The number of aryl methyl sites for hydroxylation is 3. The fourth-order valence-corrected chi connectivity index (χ4v) is 3.37. The quantitative estimate of drug-likeness (QED) is 0.738. The third-order valence-electron chi connectivity index (χ3n) is 4.30. The normalized spacial score (nSPS) is 25.9. The van der Waals surface area contributed by atoms with Crippen LogP contribution in [0.25, 0.3) is 0 Å². The summed E-state index contributed by atoms with van der Waals surface area (Å²) in [4.78, 5) is 0. The molecule has 1 aliphatic carbocycles. The Kier molecular flexibility index (Phi) is 3.63. The van der Waals surface area contributed by atoms with Crippen LogP contribution in [0.1, 0.15) is 49.3 Å². The van der Waals surface area contributed by atoms with E-state index in [1.807, 2.05) is 0 Å². The Bertz CT molecular complexity index is 441. The number of hydrogen-bond acceptors (Lipinski definition) is 1. The second-order valence-electron chi connectivity index (χ2n) is 5.58. The molecule has 0 spiro atoms. The van der Waals surface area contributed by atoms with Crippen molar-refractivity contribution < 1.29 is 4.74 Å². The maximum Gasteiger partial charge on any atom is 0.0845 e. The van der Waals surface area contributed by atoms with Gasteiger partial charge in [-0.1, -0.05) is 24.6 Å². The molecule has 1 heterocycles. The average molecular weight is 265 g/mol. The van der Waals surface area contributed by atoms with Gasteiger partial charge in [-0.3, -0.25) is 0 Å². The van der Waals surface area contributed by atoms with Gasteiger partial charge in [0.25, 0.3) is 0 Å². The van der Waals surface area contributed by atoms with E-state index in [1.165, 1.54) is 42.4 Å². The summed E-state index contributed by atoms with van der Waals surface area (Å²) in [5.74, 6) is 0. The molecule has 1 aromatic rings. The summed E-state index contributed by atoms with van der Waals surface area (Å²) in [6.45, 7) is 2.19. The number of epoxide rings is 1. The maximum atomic E-state index is 6.39. The van der Waals surface area contributed by atoms with Crippen molar-refractivity contribution in [2.24, 2.45) is 0 Å². The molecule has 2 aliphatic rings. The molecule has 18 heavy (non-hydrogen) atoms. The summed E-state index contributed by atoms with van der Waals surface area (Å²) in [7, 11) is 0. The molecule has 2 heteroatoms. The van der Waals surface area contributed by atoms with Crippen LogP contribution in [0.4, 0.5) is 0 Å². The van der Waals surface area contributed by atoms with Gasteiger partial charge in [-0.05, 0) is 67.7 Å². The first-order valence-electron chi connectivity index (χ1n) is 7.23. The van der Waals surface area contributed by atoms with Crippen LogP contribution in [-0.2, 0) is 24.0 Å². The first-order chi connectivity index (χ1) is 8.78. The predicted octanol–water partition coefficient (Wildman–Crippen LogP) is 4.33. The predicted molar refractivity (Wildman–Crippen MR) is 75.4 cm³/mol. The highest BCUT2D eigenvalue weighted by Crippen LogP contribution is 2.32. The SMILES string of the molecule is CCC1OC1CCc1cc2c(cc1Cl)CCCC2. The van der Waals surface area contributed by atoms with E-state index in [0.717, 1.165) is 24.3 Å². The first-order valence-corrected chi connectivity index (χ1v) is 7.61. The smallest absolute Gasteiger partial charge is 0.0845 e. The van der Waals surface area contributed by atoms with Crippen LogP contribution >= 0.6 is 11.6 Å². The van der Waals surface area contributed by atoms with Gasteiger partial charge >= 0.3 is 0 Å². The van der Waals surface area contributed by atoms with Gasteiger partial charge in [-0.25, -0.2) is 0 Å². The molecule has 0 N–H and O–H groups in total. The zero-order valence-electron chi connectivity index (χ0n) is 11.0. The second-order valence-corrected chi connectivity index (χ2v) is 5.99. The fraction of sp³-hybridized carbons (Fsp3) is 0.625. The van der Waals surface area contributed by atoms with Crippen LogP contribution in [-0.4, -0.2) is 12.2 Å². The zero-order valence-corrected chi connectivity index (χ0v) is 11.8. The van der Waals surface area contributed by atoms with Gasteiger partial charge in [0.15, 0.2) is 0 Å². The molecular formula is C16H21ClO. The van der Waals surface area contributed by atoms with Gasteiger partial charge in [-0.2, -0.15) is 0 Å². The van der Waals surface area contributed by atoms with Crippen molar-refractivity contribution in [2.45, 2.75) is 64.1 Å². The Morgan fingerprint density at radius 2 is 1.89 bits per heavy atom. The highest BCUT2D eigenvalue weighted by molar-refractivity contribution is 6.31. The van der Waals surface area contributed by atoms with E-state index >= 15 is 0 Å². The molecule has 1 aliphatic heterocycles. The summed E-state index contributed by atoms with van der Waals surface area (Å²) in [6.07, 6.45) is 9.42. The lowest BCUT2D eigenvalue weighted by Crippen LogP contribution is -2.05. The highest BCUT2D eigenvalue weighted by Gasteiger charge is 2.36. The van der Waals surface area contributed by atoms with Crippen LogP contribution in [0.15, 0.2) is 12.1 Å². The Hall–Kier alpha value is -0.530. The minimum absolute atomic E-state index is 0.488. The number of fused-ring (bicyclic) bond motifs is 1. The van der Waals surface area contributed by atoms with Crippen molar-refractivity contribution in [1.82, 2.24) is 0 Å².